The van der Waals surface area contributed by atoms with Crippen molar-refractivity contribution in [2.24, 2.45) is 0 Å². The Hall–Kier alpha value is -2.43. The van der Waals surface area contributed by atoms with Crippen LogP contribution < -0.4 is 10.6 Å². The minimum absolute atomic E-state index is 0.449. The van der Waals surface area contributed by atoms with E-state index in [4.69, 9.17) is 5.41 Å². The minimum Gasteiger partial charge on any atom is -0.340 e. The molecule has 0 radical (unpaired) electrons. The number of thiophene rings is 1. The number of anilines is 1. The zero-order valence-corrected chi connectivity index (χ0v) is 15.2. The van der Waals surface area contributed by atoms with Gasteiger partial charge < -0.3 is 10.6 Å². The fraction of sp³-hybridized carbons (Fsp3) is 0.190. The predicted octanol–water partition coefficient (Wildman–Crippen LogP) is 4.83. The van der Waals surface area contributed by atoms with Crippen LogP contribution in [-0.4, -0.2) is 12.4 Å². The van der Waals surface area contributed by atoms with E-state index in [-0.39, 0.29) is 0 Å². The molecular formula is C21H23N3S. The first-order chi connectivity index (χ1) is 12.2. The lowest BCUT2D eigenvalue weighted by Gasteiger charge is -2.10. The van der Waals surface area contributed by atoms with E-state index < -0.39 is 0 Å². The van der Waals surface area contributed by atoms with Crippen LogP contribution in [0.2, 0.25) is 0 Å². The van der Waals surface area contributed by atoms with Crippen LogP contribution in [0.3, 0.4) is 0 Å². The number of nitrogens with one attached hydrogen (secondary N) is 3. The summed E-state index contributed by atoms with van der Waals surface area (Å²) in [5, 5.41) is 16.8. The van der Waals surface area contributed by atoms with E-state index in [0.717, 1.165) is 30.1 Å². The highest BCUT2D eigenvalue weighted by Crippen LogP contribution is 2.15. The lowest BCUT2D eigenvalue weighted by Crippen LogP contribution is -2.17. The second-order valence-electron chi connectivity index (χ2n) is 6.03. The minimum atomic E-state index is 0.449. The van der Waals surface area contributed by atoms with Crippen molar-refractivity contribution in [3.05, 3.63) is 87.6 Å². The molecule has 0 atom stereocenters. The number of aryl methyl sites for hydroxylation is 1. The summed E-state index contributed by atoms with van der Waals surface area (Å²) in [6.45, 7) is 3.97. The first-order valence-corrected chi connectivity index (χ1v) is 9.34. The van der Waals surface area contributed by atoms with E-state index in [1.54, 1.807) is 11.3 Å². The van der Waals surface area contributed by atoms with Crippen LogP contribution >= 0.6 is 11.3 Å². The van der Waals surface area contributed by atoms with Crippen molar-refractivity contribution in [1.82, 2.24) is 5.32 Å². The summed E-state index contributed by atoms with van der Waals surface area (Å²) in [6.07, 6.45) is 0.966. The van der Waals surface area contributed by atoms with Gasteiger partial charge >= 0.3 is 0 Å². The second kappa shape index (κ2) is 8.60. The third kappa shape index (κ3) is 5.02. The Bertz CT molecular complexity index is 825. The van der Waals surface area contributed by atoms with Gasteiger partial charge in [0.1, 0.15) is 5.84 Å². The third-order valence-electron chi connectivity index (χ3n) is 4.13. The molecule has 3 rings (SSSR count). The summed E-state index contributed by atoms with van der Waals surface area (Å²) in [7, 11) is 0. The van der Waals surface area contributed by atoms with Gasteiger partial charge in [-0.05, 0) is 60.2 Å². The van der Waals surface area contributed by atoms with Crippen LogP contribution in [0.4, 0.5) is 5.69 Å². The molecule has 0 bridgehead atoms. The van der Waals surface area contributed by atoms with Gasteiger partial charge in [-0.2, -0.15) is 0 Å². The topological polar surface area (TPSA) is 47.9 Å². The van der Waals surface area contributed by atoms with Crippen molar-refractivity contribution in [3.63, 3.8) is 0 Å². The molecule has 3 nitrogen and oxygen atoms in total. The molecule has 3 aromatic rings. The summed E-state index contributed by atoms with van der Waals surface area (Å²) in [6, 6.07) is 20.7. The monoisotopic (exact) mass is 349 g/mol. The van der Waals surface area contributed by atoms with Gasteiger partial charge in [0.2, 0.25) is 0 Å². The largest absolute Gasteiger partial charge is 0.340 e. The molecule has 0 spiro atoms. The highest BCUT2D eigenvalue weighted by Gasteiger charge is 2.03. The van der Waals surface area contributed by atoms with Gasteiger partial charge in [0, 0.05) is 12.2 Å². The Morgan fingerprint density at radius 1 is 1.04 bits per heavy atom. The smallest absolute Gasteiger partial charge is 0.140 e. The van der Waals surface area contributed by atoms with Crippen LogP contribution in [0.15, 0.2) is 66.0 Å². The molecule has 0 aliphatic rings. The Kier molecular flexibility index (Phi) is 5.99. The maximum Gasteiger partial charge on any atom is 0.140 e. The number of rotatable bonds is 7. The van der Waals surface area contributed by atoms with Gasteiger partial charge in [-0.3, -0.25) is 5.41 Å². The van der Waals surface area contributed by atoms with Crippen molar-refractivity contribution in [1.29, 1.82) is 5.41 Å². The van der Waals surface area contributed by atoms with Gasteiger partial charge in [0.25, 0.3) is 0 Å². The first-order valence-electron chi connectivity index (χ1n) is 8.46. The Labute approximate surface area is 153 Å². The standard InChI is InChI=1S/C21H23N3S/c1-16-6-2-3-8-18(16)15-23-12-11-17-7-4-9-19(14-17)24-21(22)20-10-5-13-25-20/h2-10,13-14,23H,11-12,15H2,1H3,(H2,22,24). The molecule has 0 aliphatic carbocycles. The van der Waals surface area contributed by atoms with Crippen molar-refractivity contribution >= 4 is 22.9 Å². The van der Waals surface area contributed by atoms with Gasteiger partial charge in [-0.1, -0.05) is 42.5 Å². The van der Waals surface area contributed by atoms with Gasteiger partial charge in [0.05, 0.1) is 4.88 Å². The Morgan fingerprint density at radius 2 is 1.92 bits per heavy atom. The SMILES string of the molecule is Cc1ccccc1CNCCc1cccc(NC(=N)c2cccs2)c1. The van der Waals surface area contributed by atoms with E-state index in [0.29, 0.717) is 5.84 Å². The molecular weight excluding hydrogens is 326 g/mol. The molecule has 0 amide bonds. The molecule has 2 aromatic carbocycles. The van der Waals surface area contributed by atoms with E-state index in [9.17, 15) is 0 Å². The highest BCUT2D eigenvalue weighted by atomic mass is 32.1. The van der Waals surface area contributed by atoms with Crippen LogP contribution in [0.5, 0.6) is 0 Å². The zero-order chi connectivity index (χ0) is 17.5. The third-order valence-corrected chi connectivity index (χ3v) is 5.02. The lowest BCUT2D eigenvalue weighted by molar-refractivity contribution is 0.684. The average Bonchev–Trinajstić information content (AvgIpc) is 3.15. The summed E-state index contributed by atoms with van der Waals surface area (Å²) >= 11 is 1.57. The normalized spacial score (nSPS) is 10.6. The fourth-order valence-electron chi connectivity index (χ4n) is 2.70. The molecule has 4 heteroatoms. The van der Waals surface area contributed by atoms with E-state index in [1.807, 2.05) is 29.6 Å². The Balaban J connectivity index is 1.50. The fourth-order valence-corrected chi connectivity index (χ4v) is 3.33. The first kappa shape index (κ1) is 17.4. The molecule has 3 N–H and O–H groups in total. The Morgan fingerprint density at radius 3 is 2.72 bits per heavy atom. The molecule has 0 saturated carbocycles. The summed E-state index contributed by atoms with van der Waals surface area (Å²) in [5.41, 5.74) is 4.91. The average molecular weight is 350 g/mol. The van der Waals surface area contributed by atoms with Crippen molar-refractivity contribution in [2.45, 2.75) is 19.9 Å². The molecule has 0 saturated heterocycles. The van der Waals surface area contributed by atoms with Crippen LogP contribution in [0.25, 0.3) is 0 Å². The molecule has 25 heavy (non-hydrogen) atoms. The molecule has 1 aromatic heterocycles. The molecule has 0 unspecified atom stereocenters. The van der Waals surface area contributed by atoms with E-state index in [1.165, 1.54) is 16.7 Å². The van der Waals surface area contributed by atoms with E-state index in [2.05, 4.69) is 54.0 Å². The van der Waals surface area contributed by atoms with Crippen LogP contribution in [0.1, 0.15) is 21.6 Å². The number of hydrogen-bond donors (Lipinski definition) is 3. The van der Waals surface area contributed by atoms with Crippen molar-refractivity contribution in [2.75, 3.05) is 11.9 Å². The molecule has 128 valence electrons. The van der Waals surface area contributed by atoms with E-state index >= 15 is 0 Å². The van der Waals surface area contributed by atoms with Crippen molar-refractivity contribution in [3.8, 4) is 0 Å². The predicted molar refractivity (Wildman–Crippen MR) is 108 cm³/mol. The summed E-state index contributed by atoms with van der Waals surface area (Å²) in [4.78, 5) is 0.949. The maximum absolute atomic E-state index is 8.12. The summed E-state index contributed by atoms with van der Waals surface area (Å²) in [5.74, 6) is 0.449. The number of benzene rings is 2. The van der Waals surface area contributed by atoms with Crippen LogP contribution in [-0.2, 0) is 13.0 Å². The van der Waals surface area contributed by atoms with Crippen molar-refractivity contribution < 1.29 is 0 Å². The molecule has 1 heterocycles. The zero-order valence-electron chi connectivity index (χ0n) is 14.4. The number of amidine groups is 1. The second-order valence-corrected chi connectivity index (χ2v) is 6.98. The quantitative estimate of drug-likeness (QED) is 0.325. The molecule has 0 fully saturated rings. The summed E-state index contributed by atoms with van der Waals surface area (Å²) < 4.78 is 0. The lowest BCUT2D eigenvalue weighted by atomic mass is 10.1. The van der Waals surface area contributed by atoms with Crippen LogP contribution in [0, 0.1) is 12.3 Å². The highest BCUT2D eigenvalue weighted by molar-refractivity contribution is 7.12. The van der Waals surface area contributed by atoms with Gasteiger partial charge in [-0.15, -0.1) is 11.3 Å². The van der Waals surface area contributed by atoms with Gasteiger partial charge in [0.15, 0.2) is 0 Å². The van der Waals surface area contributed by atoms with Gasteiger partial charge in [-0.25, -0.2) is 0 Å². The maximum atomic E-state index is 8.12. The molecule has 0 aliphatic heterocycles. The number of hydrogen-bond acceptors (Lipinski definition) is 3.